The van der Waals surface area contributed by atoms with E-state index >= 15 is 0 Å². The Bertz CT molecular complexity index is 978. The van der Waals surface area contributed by atoms with Crippen LogP contribution in [0, 0.1) is 0 Å². The van der Waals surface area contributed by atoms with Gasteiger partial charge in [0.2, 0.25) is 5.95 Å². The average molecular weight is 369 g/mol. The van der Waals surface area contributed by atoms with Gasteiger partial charge < -0.3 is 10.4 Å². The van der Waals surface area contributed by atoms with Crippen molar-refractivity contribution >= 4 is 27.5 Å². The third-order valence-electron chi connectivity index (χ3n) is 5.03. The lowest BCUT2D eigenvalue weighted by Crippen LogP contribution is -2.26. The van der Waals surface area contributed by atoms with Crippen LogP contribution in [-0.2, 0) is 19.4 Å². The number of nitrogens with zero attached hydrogens (tertiary/aromatic N) is 2. The van der Waals surface area contributed by atoms with Gasteiger partial charge in [-0.15, -0.1) is 11.3 Å². The molecule has 3 aromatic rings. The molecule has 1 aromatic carbocycles. The van der Waals surface area contributed by atoms with Gasteiger partial charge in [0, 0.05) is 18.0 Å². The molecule has 0 amide bonds. The van der Waals surface area contributed by atoms with Crippen molar-refractivity contribution in [3.8, 4) is 0 Å². The van der Waals surface area contributed by atoms with E-state index in [0.717, 1.165) is 35.0 Å². The van der Waals surface area contributed by atoms with Crippen LogP contribution in [0.3, 0.4) is 0 Å². The second-order valence-corrected chi connectivity index (χ2v) is 7.77. The van der Waals surface area contributed by atoms with Crippen molar-refractivity contribution in [2.45, 2.75) is 45.3 Å². The molecule has 0 saturated carbocycles. The molecular formula is C20H23N3O2S. The maximum Gasteiger partial charge on any atom is 0.263 e. The molecule has 0 saturated heterocycles. The zero-order chi connectivity index (χ0) is 18.1. The van der Waals surface area contributed by atoms with Crippen LogP contribution < -0.4 is 10.9 Å². The van der Waals surface area contributed by atoms with Crippen molar-refractivity contribution in [1.29, 1.82) is 0 Å². The molecule has 0 fully saturated rings. The van der Waals surface area contributed by atoms with Gasteiger partial charge in [-0.1, -0.05) is 30.3 Å². The molecule has 1 aliphatic carbocycles. The van der Waals surface area contributed by atoms with E-state index in [0.29, 0.717) is 19.0 Å². The molecule has 2 heterocycles. The van der Waals surface area contributed by atoms with Crippen LogP contribution in [0.15, 0.2) is 35.1 Å². The molecule has 2 aromatic heterocycles. The fourth-order valence-corrected chi connectivity index (χ4v) is 4.90. The first-order chi connectivity index (χ1) is 12.7. The molecule has 6 heteroatoms. The zero-order valence-electron chi connectivity index (χ0n) is 14.9. The standard InChI is InChI=1S/C20H23N3O2S/c1-2-23-19(25)17-14-10-6-7-11-16(14)26-18(17)22-20(23)21-12-15(24)13-8-4-3-5-9-13/h3-5,8-9,15,24H,2,6-7,10-12H2,1H3,(H,21,22). The van der Waals surface area contributed by atoms with E-state index in [1.54, 1.807) is 15.9 Å². The highest BCUT2D eigenvalue weighted by Crippen LogP contribution is 2.34. The lowest BCUT2D eigenvalue weighted by molar-refractivity contribution is 0.191. The summed E-state index contributed by atoms with van der Waals surface area (Å²) in [5.41, 5.74) is 2.10. The summed E-state index contributed by atoms with van der Waals surface area (Å²) in [6.45, 7) is 2.82. The highest BCUT2D eigenvalue weighted by atomic mass is 32.1. The number of rotatable bonds is 5. The van der Waals surface area contributed by atoms with E-state index < -0.39 is 6.10 Å². The molecule has 2 N–H and O–H groups in total. The Balaban J connectivity index is 1.67. The molecule has 0 aliphatic heterocycles. The van der Waals surface area contributed by atoms with Gasteiger partial charge in [-0.05, 0) is 43.7 Å². The van der Waals surface area contributed by atoms with Crippen molar-refractivity contribution in [3.63, 3.8) is 0 Å². The predicted octanol–water partition coefficient (Wildman–Crippen LogP) is 3.50. The van der Waals surface area contributed by atoms with Gasteiger partial charge in [-0.3, -0.25) is 9.36 Å². The Morgan fingerprint density at radius 2 is 2.04 bits per heavy atom. The molecule has 136 valence electrons. The Kier molecular flexibility index (Phi) is 4.78. The van der Waals surface area contributed by atoms with Crippen LogP contribution in [-0.4, -0.2) is 21.2 Å². The van der Waals surface area contributed by atoms with Crippen LogP contribution in [0.2, 0.25) is 0 Å². The fraction of sp³-hybridized carbons (Fsp3) is 0.400. The number of thiophene rings is 1. The lowest BCUT2D eigenvalue weighted by Gasteiger charge is -2.16. The summed E-state index contributed by atoms with van der Waals surface area (Å²) < 4.78 is 1.68. The van der Waals surface area contributed by atoms with Crippen LogP contribution in [0.4, 0.5) is 5.95 Å². The van der Waals surface area contributed by atoms with Crippen molar-refractivity contribution in [1.82, 2.24) is 9.55 Å². The maximum atomic E-state index is 13.1. The van der Waals surface area contributed by atoms with Gasteiger partial charge in [0.1, 0.15) is 4.83 Å². The molecule has 1 atom stereocenters. The molecule has 0 radical (unpaired) electrons. The van der Waals surface area contributed by atoms with Crippen LogP contribution in [0.1, 0.15) is 41.9 Å². The number of aryl methyl sites for hydroxylation is 2. The monoisotopic (exact) mass is 369 g/mol. The number of hydrogen-bond donors (Lipinski definition) is 2. The second kappa shape index (κ2) is 7.21. The first kappa shape index (κ1) is 17.2. The van der Waals surface area contributed by atoms with Crippen molar-refractivity contribution in [3.05, 3.63) is 56.7 Å². The second-order valence-electron chi connectivity index (χ2n) is 6.68. The Morgan fingerprint density at radius 1 is 1.27 bits per heavy atom. The number of benzene rings is 1. The van der Waals surface area contributed by atoms with E-state index in [1.165, 1.54) is 16.9 Å². The number of aromatic nitrogens is 2. The first-order valence-electron chi connectivity index (χ1n) is 9.21. The largest absolute Gasteiger partial charge is 0.387 e. The summed E-state index contributed by atoms with van der Waals surface area (Å²) in [4.78, 5) is 19.9. The SMILES string of the molecule is CCn1c(NCC(O)c2ccccc2)nc2sc3c(c2c1=O)CCCC3. The predicted molar refractivity (Wildman–Crippen MR) is 106 cm³/mol. The van der Waals surface area contributed by atoms with E-state index in [2.05, 4.69) is 5.32 Å². The first-order valence-corrected chi connectivity index (χ1v) is 10.0. The van der Waals surface area contributed by atoms with Crippen molar-refractivity contribution < 1.29 is 5.11 Å². The van der Waals surface area contributed by atoms with E-state index in [4.69, 9.17) is 4.98 Å². The number of hydrogen-bond acceptors (Lipinski definition) is 5. The van der Waals surface area contributed by atoms with Crippen molar-refractivity contribution in [2.24, 2.45) is 0 Å². The number of fused-ring (bicyclic) bond motifs is 3. The Morgan fingerprint density at radius 3 is 2.81 bits per heavy atom. The summed E-state index contributed by atoms with van der Waals surface area (Å²) >= 11 is 1.65. The summed E-state index contributed by atoms with van der Waals surface area (Å²) in [5.74, 6) is 0.540. The van der Waals surface area contributed by atoms with E-state index in [9.17, 15) is 9.90 Å². The Hall–Kier alpha value is -2.18. The molecule has 5 nitrogen and oxygen atoms in total. The molecule has 0 spiro atoms. The summed E-state index contributed by atoms with van der Waals surface area (Å²) in [6.07, 6.45) is 3.72. The molecule has 4 rings (SSSR count). The summed E-state index contributed by atoms with van der Waals surface area (Å²) in [5, 5.41) is 14.4. The molecular weight excluding hydrogens is 346 g/mol. The third kappa shape index (κ3) is 3.04. The highest BCUT2D eigenvalue weighted by molar-refractivity contribution is 7.18. The van der Waals surface area contributed by atoms with Gasteiger partial charge >= 0.3 is 0 Å². The minimum atomic E-state index is -0.648. The Labute approximate surface area is 156 Å². The molecule has 1 unspecified atom stereocenters. The maximum absolute atomic E-state index is 13.1. The summed E-state index contributed by atoms with van der Waals surface area (Å²) in [7, 11) is 0. The van der Waals surface area contributed by atoms with Gasteiger partial charge in [-0.2, -0.15) is 0 Å². The van der Waals surface area contributed by atoms with Gasteiger partial charge in [-0.25, -0.2) is 4.98 Å². The van der Waals surface area contributed by atoms with Gasteiger partial charge in [0.25, 0.3) is 5.56 Å². The van der Waals surface area contributed by atoms with E-state index in [1.807, 2.05) is 37.3 Å². The minimum absolute atomic E-state index is 0.0357. The van der Waals surface area contributed by atoms with Gasteiger partial charge in [0.15, 0.2) is 0 Å². The summed E-state index contributed by atoms with van der Waals surface area (Å²) in [6, 6.07) is 9.51. The van der Waals surface area contributed by atoms with Gasteiger partial charge in [0.05, 0.1) is 11.5 Å². The van der Waals surface area contributed by atoms with Crippen LogP contribution >= 0.6 is 11.3 Å². The van der Waals surface area contributed by atoms with Crippen molar-refractivity contribution in [2.75, 3.05) is 11.9 Å². The quantitative estimate of drug-likeness (QED) is 0.722. The smallest absolute Gasteiger partial charge is 0.263 e. The normalized spacial score (nSPS) is 15.0. The zero-order valence-corrected chi connectivity index (χ0v) is 15.7. The molecule has 26 heavy (non-hydrogen) atoms. The molecule has 1 aliphatic rings. The topological polar surface area (TPSA) is 67.2 Å². The van der Waals surface area contributed by atoms with Crippen LogP contribution in [0.25, 0.3) is 10.2 Å². The number of aliphatic hydroxyl groups is 1. The highest BCUT2D eigenvalue weighted by Gasteiger charge is 2.22. The lowest BCUT2D eigenvalue weighted by atomic mass is 9.97. The number of anilines is 1. The number of nitrogens with one attached hydrogen (secondary N) is 1. The minimum Gasteiger partial charge on any atom is -0.387 e. The third-order valence-corrected chi connectivity index (χ3v) is 6.21. The number of aliphatic hydroxyl groups excluding tert-OH is 1. The molecule has 0 bridgehead atoms. The average Bonchev–Trinajstić information content (AvgIpc) is 3.05. The van der Waals surface area contributed by atoms with Crippen LogP contribution in [0.5, 0.6) is 0 Å². The fourth-order valence-electron chi connectivity index (χ4n) is 3.65. The van der Waals surface area contributed by atoms with E-state index in [-0.39, 0.29) is 5.56 Å².